The van der Waals surface area contributed by atoms with E-state index in [1.54, 1.807) is 4.90 Å². The van der Waals surface area contributed by atoms with Gasteiger partial charge in [0, 0.05) is 43.9 Å². The van der Waals surface area contributed by atoms with Gasteiger partial charge in [0.05, 0.1) is 11.4 Å². The fourth-order valence-electron chi connectivity index (χ4n) is 4.05. The second-order valence-corrected chi connectivity index (χ2v) is 8.17. The highest BCUT2D eigenvalue weighted by atomic mass is 16.2. The van der Waals surface area contributed by atoms with Crippen LogP contribution < -0.4 is 0 Å². The van der Waals surface area contributed by atoms with Crippen molar-refractivity contribution in [1.82, 2.24) is 19.6 Å². The van der Waals surface area contributed by atoms with Crippen LogP contribution in [-0.4, -0.2) is 51.0 Å². The van der Waals surface area contributed by atoms with E-state index in [0.717, 1.165) is 22.6 Å². The Kier molecular flexibility index (Phi) is 5.89. The Morgan fingerprint density at radius 2 is 1.71 bits per heavy atom. The molecule has 0 radical (unpaired) electrons. The Morgan fingerprint density at radius 3 is 2.39 bits per heavy atom. The molecular weight excluding hydrogens is 388 g/mol. The SMILES string of the molecule is Cc1cc(C)n(-c2ccc(C(=O)N3CCC(=O)N(Cc4ccccc4C)CC3)cc2)n1. The zero-order valence-corrected chi connectivity index (χ0v) is 18.3. The first-order chi connectivity index (χ1) is 14.9. The molecule has 1 saturated heterocycles. The lowest BCUT2D eigenvalue weighted by Gasteiger charge is -2.23. The van der Waals surface area contributed by atoms with Crippen LogP contribution in [0.25, 0.3) is 5.69 Å². The summed E-state index contributed by atoms with van der Waals surface area (Å²) >= 11 is 0. The minimum Gasteiger partial charge on any atom is -0.337 e. The third-order valence-electron chi connectivity index (χ3n) is 5.87. The van der Waals surface area contributed by atoms with Gasteiger partial charge in [0.25, 0.3) is 5.91 Å². The fourth-order valence-corrected chi connectivity index (χ4v) is 4.05. The van der Waals surface area contributed by atoms with E-state index in [4.69, 9.17) is 0 Å². The second kappa shape index (κ2) is 8.76. The molecule has 1 aliphatic rings. The number of aromatic nitrogens is 2. The largest absolute Gasteiger partial charge is 0.337 e. The predicted octanol–water partition coefficient (Wildman–Crippen LogP) is 3.67. The highest BCUT2D eigenvalue weighted by Crippen LogP contribution is 2.17. The molecule has 6 heteroatoms. The maximum atomic E-state index is 13.1. The van der Waals surface area contributed by atoms with Crippen molar-refractivity contribution in [3.05, 3.63) is 82.7 Å². The summed E-state index contributed by atoms with van der Waals surface area (Å²) in [6.07, 6.45) is 0.349. The zero-order valence-electron chi connectivity index (χ0n) is 18.3. The molecule has 1 fully saturated rings. The normalized spacial score (nSPS) is 14.6. The standard InChI is InChI=1S/C25H28N4O2/c1-18-6-4-5-7-22(18)17-28-15-14-27(13-12-24(28)30)25(31)21-8-10-23(11-9-21)29-20(3)16-19(2)26-29/h4-11,16H,12-15,17H2,1-3H3. The van der Waals surface area contributed by atoms with E-state index in [9.17, 15) is 9.59 Å². The summed E-state index contributed by atoms with van der Waals surface area (Å²) in [5, 5.41) is 4.49. The van der Waals surface area contributed by atoms with Crippen molar-refractivity contribution in [2.24, 2.45) is 0 Å². The van der Waals surface area contributed by atoms with Crippen molar-refractivity contribution in [2.75, 3.05) is 19.6 Å². The van der Waals surface area contributed by atoms with Gasteiger partial charge in [-0.05, 0) is 62.2 Å². The van der Waals surface area contributed by atoms with Gasteiger partial charge in [0.2, 0.25) is 5.91 Å². The Hall–Kier alpha value is -3.41. The smallest absolute Gasteiger partial charge is 0.253 e. The quantitative estimate of drug-likeness (QED) is 0.652. The summed E-state index contributed by atoms with van der Waals surface area (Å²) in [5.74, 6) is 0.0592. The van der Waals surface area contributed by atoms with Gasteiger partial charge in [-0.25, -0.2) is 4.68 Å². The van der Waals surface area contributed by atoms with Gasteiger partial charge in [0.15, 0.2) is 0 Å². The van der Waals surface area contributed by atoms with E-state index in [-0.39, 0.29) is 11.8 Å². The van der Waals surface area contributed by atoms with Crippen LogP contribution in [0.4, 0.5) is 0 Å². The maximum absolute atomic E-state index is 13.1. The van der Waals surface area contributed by atoms with Crippen molar-refractivity contribution in [3.8, 4) is 5.69 Å². The molecule has 160 valence electrons. The van der Waals surface area contributed by atoms with Gasteiger partial charge in [-0.3, -0.25) is 9.59 Å². The molecule has 6 nitrogen and oxygen atoms in total. The van der Waals surface area contributed by atoms with Gasteiger partial charge in [0.1, 0.15) is 0 Å². The molecule has 1 aromatic heterocycles. The predicted molar refractivity (Wildman–Crippen MR) is 120 cm³/mol. The van der Waals surface area contributed by atoms with Crippen LogP contribution in [0.1, 0.15) is 39.3 Å². The molecule has 31 heavy (non-hydrogen) atoms. The molecule has 0 aliphatic carbocycles. The van der Waals surface area contributed by atoms with Crippen LogP contribution in [0, 0.1) is 20.8 Å². The number of carbonyl (C=O) groups is 2. The first kappa shape index (κ1) is 20.8. The molecule has 4 rings (SSSR count). The highest BCUT2D eigenvalue weighted by molar-refractivity contribution is 5.95. The number of aryl methyl sites for hydroxylation is 3. The van der Waals surface area contributed by atoms with Gasteiger partial charge in [-0.15, -0.1) is 0 Å². The molecule has 2 amide bonds. The molecule has 0 spiro atoms. The van der Waals surface area contributed by atoms with Crippen LogP contribution in [0.15, 0.2) is 54.6 Å². The monoisotopic (exact) mass is 416 g/mol. The van der Waals surface area contributed by atoms with E-state index in [1.165, 1.54) is 5.56 Å². The highest BCUT2D eigenvalue weighted by Gasteiger charge is 2.25. The lowest BCUT2D eigenvalue weighted by Crippen LogP contribution is -2.35. The van der Waals surface area contributed by atoms with Crippen LogP contribution >= 0.6 is 0 Å². The molecule has 0 N–H and O–H groups in total. The van der Waals surface area contributed by atoms with Crippen LogP contribution in [-0.2, 0) is 11.3 Å². The summed E-state index contributed by atoms with van der Waals surface area (Å²) < 4.78 is 1.87. The molecule has 0 saturated carbocycles. The van der Waals surface area contributed by atoms with Crippen molar-refractivity contribution < 1.29 is 9.59 Å². The number of carbonyl (C=O) groups excluding carboxylic acids is 2. The van der Waals surface area contributed by atoms with E-state index in [2.05, 4.69) is 24.2 Å². The topological polar surface area (TPSA) is 58.4 Å². The molecule has 0 bridgehead atoms. The molecule has 2 aromatic carbocycles. The minimum atomic E-state index is -0.0366. The number of hydrogen-bond donors (Lipinski definition) is 0. The Labute approximate surface area is 183 Å². The zero-order chi connectivity index (χ0) is 22.0. The third-order valence-corrected chi connectivity index (χ3v) is 5.87. The number of amides is 2. The van der Waals surface area contributed by atoms with Gasteiger partial charge < -0.3 is 9.80 Å². The van der Waals surface area contributed by atoms with Crippen molar-refractivity contribution >= 4 is 11.8 Å². The molecule has 0 atom stereocenters. The van der Waals surface area contributed by atoms with Crippen molar-refractivity contribution in [1.29, 1.82) is 0 Å². The summed E-state index contributed by atoms with van der Waals surface area (Å²) in [6.45, 7) is 8.15. The van der Waals surface area contributed by atoms with Crippen LogP contribution in [0.2, 0.25) is 0 Å². The summed E-state index contributed by atoms with van der Waals surface area (Å²) in [5.41, 5.74) is 5.90. The van der Waals surface area contributed by atoms with E-state index in [1.807, 2.05) is 65.9 Å². The Morgan fingerprint density at radius 1 is 0.968 bits per heavy atom. The Bertz CT molecular complexity index is 1100. The first-order valence-corrected chi connectivity index (χ1v) is 10.7. The molecule has 2 heterocycles. The van der Waals surface area contributed by atoms with E-state index < -0.39 is 0 Å². The number of rotatable bonds is 4. The van der Waals surface area contributed by atoms with Gasteiger partial charge >= 0.3 is 0 Å². The average molecular weight is 417 g/mol. The van der Waals surface area contributed by atoms with Crippen LogP contribution in [0.5, 0.6) is 0 Å². The lowest BCUT2D eigenvalue weighted by atomic mass is 10.1. The number of nitrogens with zero attached hydrogens (tertiary/aromatic N) is 4. The van der Waals surface area contributed by atoms with Crippen molar-refractivity contribution in [2.45, 2.75) is 33.7 Å². The summed E-state index contributed by atoms with van der Waals surface area (Å²) in [6, 6.07) is 17.7. The third kappa shape index (κ3) is 4.53. The molecule has 1 aliphatic heterocycles. The number of benzene rings is 2. The lowest BCUT2D eigenvalue weighted by molar-refractivity contribution is -0.130. The van der Waals surface area contributed by atoms with Crippen molar-refractivity contribution in [3.63, 3.8) is 0 Å². The summed E-state index contributed by atoms with van der Waals surface area (Å²) in [7, 11) is 0. The van der Waals surface area contributed by atoms with E-state index >= 15 is 0 Å². The first-order valence-electron chi connectivity index (χ1n) is 10.7. The molecular formula is C25H28N4O2. The average Bonchev–Trinajstić information content (AvgIpc) is 3.00. The van der Waals surface area contributed by atoms with Crippen LogP contribution in [0.3, 0.4) is 0 Å². The fraction of sp³-hybridized carbons (Fsp3) is 0.320. The van der Waals surface area contributed by atoms with Gasteiger partial charge in [-0.1, -0.05) is 24.3 Å². The molecule has 3 aromatic rings. The second-order valence-electron chi connectivity index (χ2n) is 8.17. The summed E-state index contributed by atoms with van der Waals surface area (Å²) in [4.78, 5) is 29.4. The maximum Gasteiger partial charge on any atom is 0.253 e. The Balaban J connectivity index is 1.44. The minimum absolute atomic E-state index is 0.0366. The number of hydrogen-bond acceptors (Lipinski definition) is 3. The van der Waals surface area contributed by atoms with Gasteiger partial charge in [-0.2, -0.15) is 5.10 Å². The molecule has 0 unspecified atom stereocenters. The van der Waals surface area contributed by atoms with E-state index in [0.29, 0.717) is 38.2 Å².